The minimum absolute atomic E-state index is 0.192. The fourth-order valence-electron chi connectivity index (χ4n) is 1.93. The van der Waals surface area contributed by atoms with Gasteiger partial charge >= 0.3 is 0 Å². The number of likely N-dealkylation sites (N-methyl/N-ethyl adjacent to an activating group) is 1. The monoisotopic (exact) mass is 244 g/mol. The smallest absolute Gasteiger partial charge is 0.298 e. The highest BCUT2D eigenvalue weighted by Gasteiger charge is 2.30. The summed E-state index contributed by atoms with van der Waals surface area (Å²) in [5, 5.41) is 12.7. The maximum absolute atomic E-state index is 11.9. The number of benzene rings is 1. The Hall–Kier alpha value is -1.83. The number of aliphatic hydroxyl groups is 1. The van der Waals surface area contributed by atoms with Crippen molar-refractivity contribution in [2.45, 2.75) is 12.1 Å². The molecular formula is C14H16N2O2. The normalized spacial score (nSPS) is 22.1. The predicted octanol–water partition coefficient (Wildman–Crippen LogP) is -0.171. The first-order valence-electron chi connectivity index (χ1n) is 5.91. The molecule has 1 aromatic carbocycles. The number of nitrogens with zero attached hydrogens (tertiary/aromatic N) is 1. The zero-order chi connectivity index (χ0) is 13.0. The molecular weight excluding hydrogens is 228 g/mol. The van der Waals surface area contributed by atoms with Crippen LogP contribution in [0.25, 0.3) is 0 Å². The standard InChI is InChI=1S/C14H16N2O2/c1-16(12-9-15-10-13(12)17)14(18)8-7-11-5-3-2-4-6-11/h2-6,12-13,15,17H,9-10H2,1H3/t12-,13-/m1/s1. The minimum Gasteiger partial charge on any atom is -0.390 e. The lowest BCUT2D eigenvalue weighted by atomic mass is 10.2. The molecule has 4 heteroatoms. The first-order chi connectivity index (χ1) is 8.68. The molecule has 1 aromatic rings. The molecule has 1 fully saturated rings. The molecule has 1 amide bonds. The van der Waals surface area contributed by atoms with Crippen LogP contribution in [-0.4, -0.2) is 48.2 Å². The molecule has 0 bridgehead atoms. The molecule has 2 N–H and O–H groups in total. The van der Waals surface area contributed by atoms with Crippen LogP contribution in [0.5, 0.6) is 0 Å². The molecule has 0 aliphatic carbocycles. The van der Waals surface area contributed by atoms with Gasteiger partial charge in [-0.3, -0.25) is 4.79 Å². The number of amides is 1. The summed E-state index contributed by atoms with van der Waals surface area (Å²) >= 11 is 0. The SMILES string of the molecule is CN(C(=O)C#Cc1ccccc1)[C@@H]1CNC[C@H]1O. The Labute approximate surface area is 107 Å². The molecule has 0 saturated carbocycles. The third kappa shape index (κ3) is 2.89. The lowest BCUT2D eigenvalue weighted by Crippen LogP contribution is -2.43. The Morgan fingerprint density at radius 1 is 1.39 bits per heavy atom. The van der Waals surface area contributed by atoms with Gasteiger partial charge in [-0.15, -0.1) is 0 Å². The summed E-state index contributed by atoms with van der Waals surface area (Å²) in [5.41, 5.74) is 0.810. The van der Waals surface area contributed by atoms with Crippen LogP contribution in [-0.2, 0) is 4.79 Å². The van der Waals surface area contributed by atoms with Crippen molar-refractivity contribution in [2.75, 3.05) is 20.1 Å². The highest BCUT2D eigenvalue weighted by atomic mass is 16.3. The van der Waals surface area contributed by atoms with E-state index in [0.29, 0.717) is 13.1 Å². The van der Waals surface area contributed by atoms with Crippen LogP contribution in [0.2, 0.25) is 0 Å². The molecule has 1 heterocycles. The van der Waals surface area contributed by atoms with E-state index in [1.165, 1.54) is 4.90 Å². The average molecular weight is 244 g/mol. The first kappa shape index (κ1) is 12.6. The van der Waals surface area contributed by atoms with E-state index in [4.69, 9.17) is 0 Å². The van der Waals surface area contributed by atoms with Gasteiger partial charge in [-0.1, -0.05) is 24.1 Å². The van der Waals surface area contributed by atoms with Crippen LogP contribution in [0.15, 0.2) is 30.3 Å². The summed E-state index contributed by atoms with van der Waals surface area (Å²) in [5.74, 6) is 5.14. The van der Waals surface area contributed by atoms with Crippen LogP contribution in [0, 0.1) is 11.8 Å². The maximum atomic E-state index is 11.9. The molecule has 0 aromatic heterocycles. The molecule has 94 valence electrons. The number of hydrogen-bond acceptors (Lipinski definition) is 3. The van der Waals surface area contributed by atoms with Gasteiger partial charge in [0.25, 0.3) is 5.91 Å². The van der Waals surface area contributed by atoms with Crippen LogP contribution >= 0.6 is 0 Å². The zero-order valence-electron chi connectivity index (χ0n) is 10.3. The average Bonchev–Trinajstić information content (AvgIpc) is 2.82. The van der Waals surface area contributed by atoms with E-state index < -0.39 is 6.10 Å². The first-order valence-corrected chi connectivity index (χ1v) is 5.91. The van der Waals surface area contributed by atoms with Crippen molar-refractivity contribution in [3.05, 3.63) is 35.9 Å². The van der Waals surface area contributed by atoms with Crippen LogP contribution in [0.1, 0.15) is 5.56 Å². The highest BCUT2D eigenvalue weighted by molar-refractivity contribution is 5.94. The molecule has 0 unspecified atom stereocenters. The number of rotatable bonds is 1. The molecule has 4 nitrogen and oxygen atoms in total. The Kier molecular flexibility index (Phi) is 3.98. The number of hydrogen-bond donors (Lipinski definition) is 2. The molecule has 1 saturated heterocycles. The third-order valence-corrected chi connectivity index (χ3v) is 3.06. The molecule has 2 atom stereocenters. The maximum Gasteiger partial charge on any atom is 0.298 e. The summed E-state index contributed by atoms with van der Waals surface area (Å²) in [7, 11) is 1.67. The second-order valence-electron chi connectivity index (χ2n) is 4.33. The van der Waals surface area contributed by atoms with Crippen molar-refractivity contribution >= 4 is 5.91 Å². The second kappa shape index (κ2) is 5.67. The van der Waals surface area contributed by atoms with Gasteiger partial charge in [-0.2, -0.15) is 0 Å². The summed E-state index contributed by atoms with van der Waals surface area (Å²) < 4.78 is 0. The Morgan fingerprint density at radius 3 is 2.72 bits per heavy atom. The lowest BCUT2D eigenvalue weighted by Gasteiger charge is -2.24. The number of β-amino-alcohol motifs (C(OH)–C–C–N with tert-alkyl or cyclic N) is 1. The van der Waals surface area contributed by atoms with Gasteiger partial charge in [0.05, 0.1) is 12.1 Å². The van der Waals surface area contributed by atoms with E-state index in [0.717, 1.165) is 5.56 Å². The van der Waals surface area contributed by atoms with Gasteiger partial charge in [-0.05, 0) is 12.1 Å². The van der Waals surface area contributed by atoms with E-state index >= 15 is 0 Å². The van der Waals surface area contributed by atoms with Crippen molar-refractivity contribution in [3.8, 4) is 11.8 Å². The fourth-order valence-corrected chi connectivity index (χ4v) is 1.93. The van der Waals surface area contributed by atoms with E-state index in [-0.39, 0.29) is 11.9 Å². The minimum atomic E-state index is -0.516. The van der Waals surface area contributed by atoms with Crippen molar-refractivity contribution in [2.24, 2.45) is 0 Å². The fraction of sp³-hybridized carbons (Fsp3) is 0.357. The molecule has 0 spiro atoms. The topological polar surface area (TPSA) is 52.6 Å². The molecule has 18 heavy (non-hydrogen) atoms. The predicted molar refractivity (Wildman–Crippen MR) is 68.8 cm³/mol. The number of carbonyl (C=O) groups excluding carboxylic acids is 1. The van der Waals surface area contributed by atoms with Gasteiger partial charge in [0, 0.05) is 31.6 Å². The van der Waals surface area contributed by atoms with Crippen molar-refractivity contribution in [3.63, 3.8) is 0 Å². The molecule has 2 rings (SSSR count). The van der Waals surface area contributed by atoms with Crippen LogP contribution in [0.3, 0.4) is 0 Å². The number of nitrogens with one attached hydrogen (secondary N) is 1. The van der Waals surface area contributed by atoms with E-state index in [1.54, 1.807) is 7.05 Å². The van der Waals surface area contributed by atoms with Gasteiger partial charge in [0.15, 0.2) is 0 Å². The van der Waals surface area contributed by atoms with E-state index in [9.17, 15) is 9.90 Å². The summed E-state index contributed by atoms with van der Waals surface area (Å²) in [4.78, 5) is 13.4. The summed E-state index contributed by atoms with van der Waals surface area (Å²) in [6.45, 7) is 1.13. The van der Waals surface area contributed by atoms with E-state index in [1.807, 2.05) is 30.3 Å². The summed E-state index contributed by atoms with van der Waals surface area (Å²) in [6.07, 6.45) is -0.516. The van der Waals surface area contributed by atoms with Crippen LogP contribution < -0.4 is 5.32 Å². The molecule has 1 aliphatic heterocycles. The van der Waals surface area contributed by atoms with Gasteiger partial charge in [0.1, 0.15) is 0 Å². The van der Waals surface area contributed by atoms with Crippen molar-refractivity contribution in [1.82, 2.24) is 10.2 Å². The number of aliphatic hydroxyl groups excluding tert-OH is 1. The molecule has 1 aliphatic rings. The largest absolute Gasteiger partial charge is 0.390 e. The van der Waals surface area contributed by atoms with Crippen molar-refractivity contribution < 1.29 is 9.90 Å². The number of carbonyl (C=O) groups is 1. The van der Waals surface area contributed by atoms with Gasteiger partial charge in [-0.25, -0.2) is 0 Å². The molecule has 0 radical (unpaired) electrons. The lowest BCUT2D eigenvalue weighted by molar-refractivity contribution is -0.127. The van der Waals surface area contributed by atoms with Gasteiger partial charge in [0.2, 0.25) is 0 Å². The third-order valence-electron chi connectivity index (χ3n) is 3.06. The van der Waals surface area contributed by atoms with E-state index in [2.05, 4.69) is 17.2 Å². The summed E-state index contributed by atoms with van der Waals surface area (Å²) in [6, 6.07) is 9.17. The Morgan fingerprint density at radius 2 is 2.11 bits per heavy atom. The quantitative estimate of drug-likeness (QED) is 0.674. The second-order valence-corrected chi connectivity index (χ2v) is 4.33. The van der Waals surface area contributed by atoms with Crippen molar-refractivity contribution in [1.29, 1.82) is 0 Å². The van der Waals surface area contributed by atoms with Crippen LogP contribution in [0.4, 0.5) is 0 Å². The highest BCUT2D eigenvalue weighted by Crippen LogP contribution is 2.07. The Bertz CT molecular complexity index is 476. The van der Waals surface area contributed by atoms with Gasteiger partial charge < -0.3 is 15.3 Å². The zero-order valence-corrected chi connectivity index (χ0v) is 10.3. The Balaban J connectivity index is 2.02.